The Morgan fingerprint density at radius 2 is 2.21 bits per heavy atom. The number of hydrogen-bond acceptors (Lipinski definition) is 5. The zero-order valence-electron chi connectivity index (χ0n) is 10.0. The maximum absolute atomic E-state index is 12.2. The molecule has 3 nitrogen and oxygen atoms in total. The Bertz CT molecular complexity index is 719. The van der Waals surface area contributed by atoms with Gasteiger partial charge in [0.2, 0.25) is 0 Å². The topological polar surface area (TPSA) is 56.0 Å². The summed E-state index contributed by atoms with van der Waals surface area (Å²) in [6.45, 7) is 0. The number of nitrogens with two attached hydrogens (primary N) is 1. The van der Waals surface area contributed by atoms with Gasteiger partial charge >= 0.3 is 0 Å². The Balaban J connectivity index is 1.77. The number of aromatic nitrogens is 1. The Morgan fingerprint density at radius 3 is 3.00 bits per heavy atom. The molecule has 2 heterocycles. The van der Waals surface area contributed by atoms with Crippen LogP contribution in [0.4, 0.5) is 5.69 Å². The lowest BCUT2D eigenvalue weighted by atomic mass is 10.3. The van der Waals surface area contributed by atoms with E-state index in [1.807, 2.05) is 29.6 Å². The molecule has 0 aliphatic carbocycles. The summed E-state index contributed by atoms with van der Waals surface area (Å²) in [6.07, 6.45) is 0.836. The van der Waals surface area contributed by atoms with Crippen molar-refractivity contribution in [3.05, 3.63) is 40.6 Å². The van der Waals surface area contributed by atoms with Crippen LogP contribution < -0.4 is 5.73 Å². The number of fused-ring (bicyclic) bond motifs is 1. The van der Waals surface area contributed by atoms with Gasteiger partial charge in [-0.1, -0.05) is 6.07 Å². The Labute approximate surface area is 121 Å². The lowest BCUT2D eigenvalue weighted by Crippen LogP contribution is -1.99. The largest absolute Gasteiger partial charge is 0.399 e. The maximum Gasteiger partial charge on any atom is 0.181 e. The van der Waals surface area contributed by atoms with Crippen LogP contribution in [0.15, 0.2) is 40.1 Å². The number of aryl methyl sites for hydroxylation is 1. The normalized spacial score (nSPS) is 12.8. The summed E-state index contributed by atoms with van der Waals surface area (Å²) in [4.78, 5) is 5.68. The minimum Gasteiger partial charge on any atom is -0.399 e. The first kappa shape index (κ1) is 12.8. The number of thiazole rings is 1. The predicted molar refractivity (Wildman–Crippen MR) is 83.3 cm³/mol. The summed E-state index contributed by atoms with van der Waals surface area (Å²) in [6, 6.07) is 9.67. The van der Waals surface area contributed by atoms with Gasteiger partial charge in [-0.2, -0.15) is 0 Å². The molecule has 1 aromatic carbocycles. The zero-order valence-corrected chi connectivity index (χ0v) is 12.5. The first-order chi connectivity index (χ1) is 9.22. The Hall–Kier alpha value is -1.24. The summed E-state index contributed by atoms with van der Waals surface area (Å²) < 4.78 is 13.9. The lowest BCUT2D eigenvalue weighted by molar-refractivity contribution is 0.682. The van der Waals surface area contributed by atoms with Crippen LogP contribution in [0, 0.1) is 0 Å². The van der Waals surface area contributed by atoms with E-state index in [2.05, 4.69) is 11.1 Å². The second kappa shape index (κ2) is 5.40. The molecular weight excluding hydrogens is 296 g/mol. The lowest BCUT2D eigenvalue weighted by Gasteiger charge is -1.95. The number of nitrogens with zero attached hydrogens (tertiary/aromatic N) is 1. The molecule has 0 amide bonds. The van der Waals surface area contributed by atoms with E-state index in [-0.39, 0.29) is 0 Å². The Kier molecular flexibility index (Phi) is 3.63. The minimum atomic E-state index is -1.03. The van der Waals surface area contributed by atoms with E-state index in [0.717, 1.165) is 16.6 Å². The van der Waals surface area contributed by atoms with E-state index in [1.165, 1.54) is 16.2 Å². The first-order valence-electron chi connectivity index (χ1n) is 5.79. The van der Waals surface area contributed by atoms with E-state index in [1.54, 1.807) is 11.3 Å². The van der Waals surface area contributed by atoms with E-state index in [0.29, 0.717) is 15.8 Å². The minimum absolute atomic E-state index is 0.621. The fraction of sp³-hybridized carbons (Fsp3) is 0.154. The molecule has 1 unspecified atom stereocenters. The van der Waals surface area contributed by atoms with Crippen molar-refractivity contribution < 1.29 is 4.21 Å². The number of thiophene rings is 1. The monoisotopic (exact) mass is 308 g/mol. The first-order valence-corrected chi connectivity index (χ1v) is 8.81. The molecule has 0 bridgehead atoms. The van der Waals surface area contributed by atoms with Crippen molar-refractivity contribution in [2.45, 2.75) is 10.8 Å². The number of rotatable bonds is 4. The fourth-order valence-corrected chi connectivity index (χ4v) is 5.01. The second-order valence-corrected chi connectivity index (χ2v) is 7.89. The van der Waals surface area contributed by atoms with Crippen LogP contribution in [0.1, 0.15) is 4.88 Å². The van der Waals surface area contributed by atoms with Crippen molar-refractivity contribution in [3.8, 4) is 0 Å². The molecule has 2 N–H and O–H groups in total. The molecule has 0 saturated carbocycles. The van der Waals surface area contributed by atoms with E-state index in [9.17, 15) is 4.21 Å². The molecule has 0 aliphatic heterocycles. The quantitative estimate of drug-likeness (QED) is 0.752. The third kappa shape index (κ3) is 2.86. The smallest absolute Gasteiger partial charge is 0.181 e. The van der Waals surface area contributed by atoms with Crippen LogP contribution in [0.25, 0.3) is 10.2 Å². The highest BCUT2D eigenvalue weighted by atomic mass is 32.2. The van der Waals surface area contributed by atoms with Crippen LogP contribution >= 0.6 is 22.7 Å². The van der Waals surface area contributed by atoms with Crippen molar-refractivity contribution in [2.75, 3.05) is 11.5 Å². The number of nitrogen functional groups attached to an aromatic ring is 1. The molecule has 3 aromatic rings. The van der Waals surface area contributed by atoms with E-state index >= 15 is 0 Å². The molecule has 0 spiro atoms. The van der Waals surface area contributed by atoms with Crippen LogP contribution in [-0.4, -0.2) is 14.9 Å². The van der Waals surface area contributed by atoms with Crippen molar-refractivity contribution >= 4 is 49.4 Å². The van der Waals surface area contributed by atoms with Gasteiger partial charge in [-0.3, -0.25) is 4.21 Å². The SMILES string of the molecule is Nc1ccc2nc(S(=O)CCc3cccs3)sc2c1. The van der Waals surface area contributed by atoms with Crippen molar-refractivity contribution in [1.82, 2.24) is 4.98 Å². The number of hydrogen-bond donors (Lipinski definition) is 1. The van der Waals surface area contributed by atoms with Crippen LogP contribution in [0.2, 0.25) is 0 Å². The molecule has 19 heavy (non-hydrogen) atoms. The molecule has 0 fully saturated rings. The number of anilines is 1. The van der Waals surface area contributed by atoms with Gasteiger partial charge in [0.1, 0.15) is 0 Å². The summed E-state index contributed by atoms with van der Waals surface area (Å²) in [5, 5.41) is 2.04. The van der Waals surface area contributed by atoms with Gasteiger partial charge < -0.3 is 5.73 Å². The van der Waals surface area contributed by atoms with Gasteiger partial charge in [0.05, 0.1) is 21.0 Å². The average Bonchev–Trinajstić information content (AvgIpc) is 3.04. The van der Waals surface area contributed by atoms with Gasteiger partial charge in [-0.25, -0.2) is 4.98 Å². The van der Waals surface area contributed by atoms with E-state index in [4.69, 9.17) is 5.73 Å². The molecule has 1 atom stereocenters. The third-order valence-electron chi connectivity index (χ3n) is 2.70. The second-order valence-electron chi connectivity index (χ2n) is 4.09. The van der Waals surface area contributed by atoms with Gasteiger partial charge in [0.25, 0.3) is 0 Å². The van der Waals surface area contributed by atoms with Crippen molar-refractivity contribution in [3.63, 3.8) is 0 Å². The molecular formula is C13H12N2OS3. The molecule has 6 heteroatoms. The molecule has 2 aromatic heterocycles. The highest BCUT2D eigenvalue weighted by Crippen LogP contribution is 2.26. The molecule has 0 aliphatic rings. The molecule has 98 valence electrons. The maximum atomic E-state index is 12.2. The highest BCUT2D eigenvalue weighted by Gasteiger charge is 2.11. The summed E-state index contributed by atoms with van der Waals surface area (Å²) in [5.74, 6) is 0.621. The summed E-state index contributed by atoms with van der Waals surface area (Å²) in [5.41, 5.74) is 7.33. The third-order valence-corrected chi connectivity index (χ3v) is 6.31. The fourth-order valence-electron chi connectivity index (χ4n) is 1.75. The predicted octanol–water partition coefficient (Wildman–Crippen LogP) is 3.29. The highest BCUT2D eigenvalue weighted by molar-refractivity contribution is 7.87. The standard InChI is InChI=1S/C13H12N2OS3/c14-9-3-4-11-12(8-9)18-13(15-11)19(16)7-5-10-2-1-6-17-10/h1-4,6,8H,5,7,14H2. The van der Waals surface area contributed by atoms with Crippen LogP contribution in [0.5, 0.6) is 0 Å². The number of benzene rings is 1. The summed E-state index contributed by atoms with van der Waals surface area (Å²) in [7, 11) is -1.03. The van der Waals surface area contributed by atoms with Gasteiger partial charge in [0.15, 0.2) is 4.34 Å². The van der Waals surface area contributed by atoms with E-state index < -0.39 is 10.8 Å². The van der Waals surface area contributed by atoms with Crippen LogP contribution in [0.3, 0.4) is 0 Å². The van der Waals surface area contributed by atoms with Gasteiger partial charge in [-0.05, 0) is 36.1 Å². The average molecular weight is 308 g/mol. The van der Waals surface area contributed by atoms with Crippen molar-refractivity contribution in [2.24, 2.45) is 0 Å². The van der Waals surface area contributed by atoms with Crippen LogP contribution in [-0.2, 0) is 17.2 Å². The van der Waals surface area contributed by atoms with Crippen molar-refractivity contribution in [1.29, 1.82) is 0 Å². The zero-order chi connectivity index (χ0) is 13.2. The molecule has 3 rings (SSSR count). The van der Waals surface area contributed by atoms with Gasteiger partial charge in [0, 0.05) is 16.3 Å². The Morgan fingerprint density at radius 1 is 1.32 bits per heavy atom. The molecule has 0 radical (unpaired) electrons. The molecule has 0 saturated heterocycles. The summed E-state index contributed by atoms with van der Waals surface area (Å²) >= 11 is 3.17. The van der Waals surface area contributed by atoms with Gasteiger partial charge in [-0.15, -0.1) is 22.7 Å².